The van der Waals surface area contributed by atoms with Crippen LogP contribution in [0.1, 0.15) is 60.7 Å². The van der Waals surface area contributed by atoms with Gasteiger partial charge < -0.3 is 19.7 Å². The first kappa shape index (κ1) is 33.9. The Hall–Kier alpha value is -3.96. The van der Waals surface area contributed by atoms with E-state index in [1.807, 2.05) is 43.3 Å². The van der Waals surface area contributed by atoms with E-state index in [0.29, 0.717) is 61.9 Å². The molecule has 48 heavy (non-hydrogen) atoms. The van der Waals surface area contributed by atoms with E-state index in [4.69, 9.17) is 0 Å². The van der Waals surface area contributed by atoms with Gasteiger partial charge in [0.1, 0.15) is 5.82 Å². The molecule has 0 atom stereocenters. The topological polar surface area (TPSA) is 69.5 Å². The van der Waals surface area contributed by atoms with Crippen molar-refractivity contribution in [1.29, 1.82) is 0 Å². The number of piperidine rings is 1. The van der Waals surface area contributed by atoms with Gasteiger partial charge in [-0.25, -0.2) is 13.2 Å². The standard InChI is InChI=1S/C26H30F3N5O.C11H16N2/c1-17-10-18(4-5-31-17)13-30-14-19-15-34(20-2-3-20)23-12-24(22(27)11-21(23)26(19)35)33-8-6-32(7-9-33)16-25(28)29;1-10-5-6-11(9-12-10)13-7-3-2-4-8-13/h4-5,10-12,15,20,25,30H,2-3,6-9,13-14,16H2,1H3;5-6,9H,2-4,7-8H2,1H3. The number of alkyl halides is 2. The van der Waals surface area contributed by atoms with Crippen molar-refractivity contribution in [3.63, 3.8) is 0 Å². The zero-order valence-corrected chi connectivity index (χ0v) is 28.0. The number of hydrogen-bond acceptors (Lipinski definition) is 7. The lowest BCUT2D eigenvalue weighted by Crippen LogP contribution is -2.48. The second-order valence-electron chi connectivity index (χ2n) is 13.2. The van der Waals surface area contributed by atoms with Gasteiger partial charge in [0.25, 0.3) is 6.43 Å². The SMILES string of the molecule is Cc1cc(CNCc2cn(C3CC3)c3cc(N4CCN(CC(F)F)CC4)c(F)cc3c2=O)ccn1.Cc1ccc(N2CCCCC2)cn1. The van der Waals surface area contributed by atoms with E-state index in [9.17, 15) is 13.6 Å². The summed E-state index contributed by atoms with van der Waals surface area (Å²) in [6, 6.07) is 11.6. The zero-order valence-electron chi connectivity index (χ0n) is 28.0. The molecule has 0 bridgehead atoms. The summed E-state index contributed by atoms with van der Waals surface area (Å²) in [5.74, 6) is -0.448. The number of fused-ring (bicyclic) bond motifs is 1. The first-order valence-electron chi connectivity index (χ1n) is 17.2. The zero-order chi connectivity index (χ0) is 33.6. The van der Waals surface area contributed by atoms with Crippen molar-refractivity contribution in [3.8, 4) is 0 Å². The third kappa shape index (κ3) is 8.54. The number of pyridine rings is 3. The van der Waals surface area contributed by atoms with Crippen LogP contribution in [0.2, 0.25) is 0 Å². The van der Waals surface area contributed by atoms with Crippen LogP contribution < -0.4 is 20.5 Å². The first-order chi connectivity index (χ1) is 23.2. The molecule has 0 amide bonds. The lowest BCUT2D eigenvalue weighted by atomic mass is 10.1. The summed E-state index contributed by atoms with van der Waals surface area (Å²) in [4.78, 5) is 27.8. The average Bonchev–Trinajstić information content (AvgIpc) is 3.93. The highest BCUT2D eigenvalue weighted by Crippen LogP contribution is 2.38. The summed E-state index contributed by atoms with van der Waals surface area (Å²) >= 11 is 0. The molecule has 3 aliphatic rings. The molecule has 5 heterocycles. The number of benzene rings is 1. The Labute approximate surface area is 280 Å². The van der Waals surface area contributed by atoms with Gasteiger partial charge in [0.2, 0.25) is 0 Å². The van der Waals surface area contributed by atoms with E-state index in [2.05, 4.69) is 36.9 Å². The van der Waals surface area contributed by atoms with Gasteiger partial charge in [-0.3, -0.25) is 19.7 Å². The quantitative estimate of drug-likeness (QED) is 0.228. The fourth-order valence-corrected chi connectivity index (χ4v) is 6.66. The minimum absolute atomic E-state index is 0.164. The molecule has 0 unspecified atom stereocenters. The maximum Gasteiger partial charge on any atom is 0.251 e. The molecule has 3 aromatic heterocycles. The van der Waals surface area contributed by atoms with E-state index in [0.717, 1.165) is 35.3 Å². The molecule has 2 aliphatic heterocycles. The summed E-state index contributed by atoms with van der Waals surface area (Å²) in [5.41, 5.74) is 6.02. The summed E-state index contributed by atoms with van der Waals surface area (Å²) in [6.45, 7) is 8.96. The molecule has 1 saturated carbocycles. The monoisotopic (exact) mass is 661 g/mol. The Morgan fingerprint density at radius 1 is 0.875 bits per heavy atom. The van der Waals surface area contributed by atoms with Crippen LogP contribution in [0.25, 0.3) is 10.9 Å². The van der Waals surface area contributed by atoms with Crippen LogP contribution >= 0.6 is 0 Å². The largest absolute Gasteiger partial charge is 0.370 e. The molecule has 2 saturated heterocycles. The Morgan fingerprint density at radius 3 is 2.31 bits per heavy atom. The van der Waals surface area contributed by atoms with Crippen LogP contribution in [-0.4, -0.2) is 71.7 Å². The van der Waals surface area contributed by atoms with Crippen LogP contribution in [0, 0.1) is 19.7 Å². The van der Waals surface area contributed by atoms with Crippen LogP contribution in [0.5, 0.6) is 0 Å². The number of aryl methyl sites for hydroxylation is 2. The number of halogens is 3. The van der Waals surface area contributed by atoms with Crippen LogP contribution in [0.4, 0.5) is 24.5 Å². The predicted octanol–water partition coefficient (Wildman–Crippen LogP) is 6.24. The highest BCUT2D eigenvalue weighted by molar-refractivity contribution is 5.84. The van der Waals surface area contributed by atoms with Gasteiger partial charge in [0.15, 0.2) is 5.43 Å². The predicted molar refractivity (Wildman–Crippen MR) is 186 cm³/mol. The molecule has 1 aromatic carbocycles. The lowest BCUT2D eigenvalue weighted by Gasteiger charge is -2.36. The Bertz CT molecular complexity index is 1730. The molecule has 256 valence electrons. The van der Waals surface area contributed by atoms with E-state index in [1.165, 1.54) is 44.1 Å². The fraction of sp³-hybridized carbons (Fsp3) is 0.486. The molecule has 7 rings (SSSR count). The minimum atomic E-state index is -2.37. The summed E-state index contributed by atoms with van der Waals surface area (Å²) in [5, 5.41) is 3.71. The van der Waals surface area contributed by atoms with Crippen LogP contribution in [-0.2, 0) is 13.1 Å². The van der Waals surface area contributed by atoms with E-state index < -0.39 is 12.2 Å². The highest BCUT2D eigenvalue weighted by atomic mass is 19.3. The number of rotatable bonds is 9. The second kappa shape index (κ2) is 15.5. The maximum atomic E-state index is 15.2. The van der Waals surface area contributed by atoms with Crippen molar-refractivity contribution in [2.75, 3.05) is 55.6 Å². The second-order valence-corrected chi connectivity index (χ2v) is 13.2. The van der Waals surface area contributed by atoms with Gasteiger partial charge >= 0.3 is 0 Å². The third-order valence-electron chi connectivity index (χ3n) is 9.45. The number of aromatic nitrogens is 3. The van der Waals surface area contributed by atoms with E-state index in [1.54, 1.807) is 17.2 Å². The first-order valence-corrected chi connectivity index (χ1v) is 17.2. The fourth-order valence-electron chi connectivity index (χ4n) is 6.66. The van der Waals surface area contributed by atoms with Gasteiger partial charge in [0, 0.05) is 93.1 Å². The minimum Gasteiger partial charge on any atom is -0.370 e. The van der Waals surface area contributed by atoms with Gasteiger partial charge in [-0.05, 0) is 87.9 Å². The number of nitrogens with zero attached hydrogens (tertiary/aromatic N) is 6. The van der Waals surface area contributed by atoms with Gasteiger partial charge in [-0.1, -0.05) is 0 Å². The maximum absolute atomic E-state index is 15.2. The number of hydrogen-bond donors (Lipinski definition) is 1. The molecule has 1 N–H and O–H groups in total. The molecule has 3 fully saturated rings. The lowest BCUT2D eigenvalue weighted by molar-refractivity contribution is 0.0853. The smallest absolute Gasteiger partial charge is 0.251 e. The Kier molecular flexibility index (Phi) is 11.0. The van der Waals surface area contributed by atoms with Crippen molar-refractivity contribution in [1.82, 2.24) is 24.8 Å². The summed E-state index contributed by atoms with van der Waals surface area (Å²) in [7, 11) is 0. The third-order valence-corrected chi connectivity index (χ3v) is 9.45. The molecular formula is C37H46F3N7O. The molecule has 0 spiro atoms. The Balaban J connectivity index is 0.000000257. The average molecular weight is 662 g/mol. The molecule has 4 aromatic rings. The van der Waals surface area contributed by atoms with E-state index >= 15 is 4.39 Å². The number of piperazine rings is 1. The number of anilines is 2. The number of nitrogens with one attached hydrogen (secondary N) is 1. The Morgan fingerprint density at radius 2 is 1.65 bits per heavy atom. The van der Waals surface area contributed by atoms with Crippen molar-refractivity contribution in [2.45, 2.75) is 71.5 Å². The van der Waals surface area contributed by atoms with Crippen molar-refractivity contribution in [3.05, 3.63) is 93.5 Å². The van der Waals surface area contributed by atoms with Crippen LogP contribution in [0.15, 0.2) is 59.8 Å². The molecule has 0 radical (unpaired) electrons. The summed E-state index contributed by atoms with van der Waals surface area (Å²) < 4.78 is 42.7. The van der Waals surface area contributed by atoms with Crippen molar-refractivity contribution >= 4 is 22.3 Å². The molecular weight excluding hydrogens is 615 g/mol. The van der Waals surface area contributed by atoms with Crippen LogP contribution in [0.3, 0.4) is 0 Å². The van der Waals surface area contributed by atoms with Crippen molar-refractivity contribution < 1.29 is 13.2 Å². The van der Waals surface area contributed by atoms with E-state index in [-0.39, 0.29) is 12.0 Å². The molecule has 11 heteroatoms. The van der Waals surface area contributed by atoms with Gasteiger partial charge in [0.05, 0.1) is 29.6 Å². The van der Waals surface area contributed by atoms with Crippen molar-refractivity contribution in [2.24, 2.45) is 0 Å². The van der Waals surface area contributed by atoms with Gasteiger partial charge in [-0.15, -0.1) is 0 Å². The normalized spacial score (nSPS) is 17.1. The highest BCUT2D eigenvalue weighted by Gasteiger charge is 2.28. The summed E-state index contributed by atoms with van der Waals surface area (Å²) in [6.07, 6.45) is 9.39. The molecule has 8 nitrogen and oxygen atoms in total. The van der Waals surface area contributed by atoms with Gasteiger partial charge in [-0.2, -0.15) is 0 Å². The molecule has 1 aliphatic carbocycles.